The van der Waals surface area contributed by atoms with Gasteiger partial charge in [-0.2, -0.15) is 0 Å². The van der Waals surface area contributed by atoms with Crippen LogP contribution in [0, 0.1) is 0 Å². The Bertz CT molecular complexity index is 456. The molecule has 3 nitrogen and oxygen atoms in total. The second-order valence-corrected chi connectivity index (χ2v) is 12.3. The van der Waals surface area contributed by atoms with Crippen LogP contribution in [0.5, 0.6) is 5.75 Å². The van der Waals surface area contributed by atoms with Crippen LogP contribution >= 0.6 is 0 Å². The van der Waals surface area contributed by atoms with E-state index in [1.807, 2.05) is 0 Å². The van der Waals surface area contributed by atoms with Crippen molar-refractivity contribution >= 4 is 8.32 Å². The zero-order chi connectivity index (χ0) is 16.2. The average molecular weight is 323 g/mol. The second-order valence-electron chi connectivity index (χ2n) is 7.61. The SMILES string of the molecule is CC(C)(C)[Si](C)(C)Oc1ccc(COC2CCCCO2)cc1. The molecule has 0 aromatic heterocycles. The molecule has 22 heavy (non-hydrogen) atoms. The van der Waals surface area contributed by atoms with Crippen LogP contribution in [0.3, 0.4) is 0 Å². The van der Waals surface area contributed by atoms with Gasteiger partial charge in [0, 0.05) is 6.61 Å². The van der Waals surface area contributed by atoms with Gasteiger partial charge in [-0.1, -0.05) is 32.9 Å². The third-order valence-corrected chi connectivity index (χ3v) is 9.03. The van der Waals surface area contributed by atoms with Gasteiger partial charge in [0.05, 0.1) is 6.61 Å². The lowest BCUT2D eigenvalue weighted by Crippen LogP contribution is -2.43. The summed E-state index contributed by atoms with van der Waals surface area (Å²) in [6.45, 7) is 12.7. The van der Waals surface area contributed by atoms with E-state index in [2.05, 4.69) is 58.1 Å². The summed E-state index contributed by atoms with van der Waals surface area (Å²) >= 11 is 0. The smallest absolute Gasteiger partial charge is 0.250 e. The van der Waals surface area contributed by atoms with Crippen LogP contribution < -0.4 is 4.43 Å². The molecule has 1 aromatic carbocycles. The van der Waals surface area contributed by atoms with Crippen molar-refractivity contribution < 1.29 is 13.9 Å². The summed E-state index contributed by atoms with van der Waals surface area (Å²) in [6.07, 6.45) is 3.33. The van der Waals surface area contributed by atoms with Crippen molar-refractivity contribution in [1.29, 1.82) is 0 Å². The highest BCUT2D eigenvalue weighted by Gasteiger charge is 2.38. The second kappa shape index (κ2) is 7.15. The van der Waals surface area contributed by atoms with E-state index in [0.717, 1.165) is 30.8 Å². The van der Waals surface area contributed by atoms with Gasteiger partial charge in [0.2, 0.25) is 8.32 Å². The average Bonchev–Trinajstić information content (AvgIpc) is 2.46. The first-order valence-corrected chi connectivity index (χ1v) is 11.2. The van der Waals surface area contributed by atoms with Gasteiger partial charge >= 0.3 is 0 Å². The predicted molar refractivity (Wildman–Crippen MR) is 92.6 cm³/mol. The van der Waals surface area contributed by atoms with Crippen molar-refractivity contribution in [3.63, 3.8) is 0 Å². The Hall–Kier alpha value is -0.843. The van der Waals surface area contributed by atoms with Crippen LogP contribution in [0.1, 0.15) is 45.6 Å². The fraction of sp³-hybridized carbons (Fsp3) is 0.667. The Morgan fingerprint density at radius 3 is 2.36 bits per heavy atom. The molecule has 0 amide bonds. The summed E-state index contributed by atoms with van der Waals surface area (Å²) < 4.78 is 17.7. The van der Waals surface area contributed by atoms with Crippen LogP contribution in [-0.2, 0) is 16.1 Å². The molecule has 1 fully saturated rings. The molecule has 2 rings (SSSR count). The van der Waals surface area contributed by atoms with E-state index in [9.17, 15) is 0 Å². The van der Waals surface area contributed by atoms with Crippen LogP contribution in [0.15, 0.2) is 24.3 Å². The van der Waals surface area contributed by atoms with Gasteiger partial charge in [-0.25, -0.2) is 0 Å². The normalized spacial score (nSPS) is 20.0. The quantitative estimate of drug-likeness (QED) is 0.705. The summed E-state index contributed by atoms with van der Waals surface area (Å²) in [5.41, 5.74) is 1.16. The largest absolute Gasteiger partial charge is 0.544 e. The van der Waals surface area contributed by atoms with Crippen LogP contribution in [-0.4, -0.2) is 21.2 Å². The van der Waals surface area contributed by atoms with Crippen molar-refractivity contribution in [3.05, 3.63) is 29.8 Å². The summed E-state index contributed by atoms with van der Waals surface area (Å²) in [5, 5.41) is 0.215. The molecule has 1 atom stereocenters. The molecular formula is C18H30O3Si. The van der Waals surface area contributed by atoms with E-state index in [4.69, 9.17) is 13.9 Å². The molecule has 0 spiro atoms. The minimum atomic E-state index is -1.76. The molecule has 1 saturated heterocycles. The number of rotatable bonds is 5. The maximum atomic E-state index is 6.29. The van der Waals surface area contributed by atoms with Gasteiger partial charge in [-0.05, 0) is 55.1 Å². The third kappa shape index (κ3) is 4.83. The van der Waals surface area contributed by atoms with Crippen molar-refractivity contribution in [3.8, 4) is 5.75 Å². The molecule has 0 radical (unpaired) electrons. The monoisotopic (exact) mass is 322 g/mol. The number of ether oxygens (including phenoxy) is 2. The highest BCUT2D eigenvalue weighted by molar-refractivity contribution is 6.74. The third-order valence-electron chi connectivity index (χ3n) is 4.68. The fourth-order valence-corrected chi connectivity index (χ4v) is 3.16. The first-order chi connectivity index (χ1) is 10.3. The minimum absolute atomic E-state index is 0.0306. The predicted octanol–water partition coefficient (Wildman–Crippen LogP) is 5.11. The zero-order valence-corrected chi connectivity index (χ0v) is 15.6. The van der Waals surface area contributed by atoms with E-state index in [1.54, 1.807) is 0 Å². The molecule has 0 N–H and O–H groups in total. The molecule has 0 aliphatic carbocycles. The summed E-state index contributed by atoms with van der Waals surface area (Å²) in [4.78, 5) is 0. The van der Waals surface area contributed by atoms with Crippen molar-refractivity contribution in [2.45, 2.75) is 71.1 Å². The van der Waals surface area contributed by atoms with Gasteiger partial charge in [0.15, 0.2) is 6.29 Å². The summed E-state index contributed by atoms with van der Waals surface area (Å²) in [6, 6.07) is 8.29. The van der Waals surface area contributed by atoms with Gasteiger partial charge in [0.1, 0.15) is 5.75 Å². The van der Waals surface area contributed by atoms with E-state index in [1.165, 1.54) is 6.42 Å². The topological polar surface area (TPSA) is 27.7 Å². The van der Waals surface area contributed by atoms with E-state index in [-0.39, 0.29) is 11.3 Å². The standard InChI is InChI=1S/C18H30O3Si/c1-18(2,3)22(4,5)21-16-11-9-15(10-12-16)14-20-17-8-6-7-13-19-17/h9-12,17H,6-8,13-14H2,1-5H3. The Balaban J connectivity index is 1.87. The summed E-state index contributed by atoms with van der Waals surface area (Å²) in [5.74, 6) is 0.962. The maximum Gasteiger partial charge on any atom is 0.250 e. The Labute approximate surface area is 136 Å². The number of hydrogen-bond donors (Lipinski definition) is 0. The molecule has 1 aromatic rings. The lowest BCUT2D eigenvalue weighted by Gasteiger charge is -2.36. The van der Waals surface area contributed by atoms with Crippen LogP contribution in [0.4, 0.5) is 0 Å². The molecule has 0 saturated carbocycles. The molecular weight excluding hydrogens is 292 g/mol. The van der Waals surface area contributed by atoms with E-state index < -0.39 is 8.32 Å². The molecule has 1 aliphatic rings. The molecule has 4 heteroatoms. The van der Waals surface area contributed by atoms with Gasteiger partial charge in [0.25, 0.3) is 0 Å². The first-order valence-electron chi connectivity index (χ1n) is 8.29. The number of benzene rings is 1. The number of hydrogen-bond acceptors (Lipinski definition) is 3. The Kier molecular flexibility index (Phi) is 5.69. The fourth-order valence-electron chi connectivity index (χ4n) is 2.13. The lowest BCUT2D eigenvalue weighted by molar-refractivity contribution is -0.168. The molecule has 1 heterocycles. The molecule has 124 valence electrons. The molecule has 1 aliphatic heterocycles. The zero-order valence-electron chi connectivity index (χ0n) is 14.6. The van der Waals surface area contributed by atoms with Crippen LogP contribution in [0.2, 0.25) is 18.1 Å². The Morgan fingerprint density at radius 1 is 1.14 bits per heavy atom. The van der Waals surface area contributed by atoms with E-state index >= 15 is 0 Å². The van der Waals surface area contributed by atoms with Gasteiger partial charge in [-0.3, -0.25) is 0 Å². The van der Waals surface area contributed by atoms with Crippen molar-refractivity contribution in [2.24, 2.45) is 0 Å². The van der Waals surface area contributed by atoms with Crippen LogP contribution in [0.25, 0.3) is 0 Å². The highest BCUT2D eigenvalue weighted by Crippen LogP contribution is 2.37. The Morgan fingerprint density at radius 2 is 1.82 bits per heavy atom. The highest BCUT2D eigenvalue weighted by atomic mass is 28.4. The maximum absolute atomic E-state index is 6.29. The molecule has 0 bridgehead atoms. The summed E-state index contributed by atoms with van der Waals surface area (Å²) in [7, 11) is -1.76. The van der Waals surface area contributed by atoms with Crippen molar-refractivity contribution in [1.82, 2.24) is 0 Å². The molecule has 1 unspecified atom stereocenters. The van der Waals surface area contributed by atoms with Crippen molar-refractivity contribution in [2.75, 3.05) is 6.61 Å². The first kappa shape index (κ1) is 17.5. The minimum Gasteiger partial charge on any atom is -0.544 e. The van der Waals surface area contributed by atoms with E-state index in [0.29, 0.717) is 6.61 Å². The lowest BCUT2D eigenvalue weighted by atomic mass is 10.2. The van der Waals surface area contributed by atoms with Gasteiger partial charge < -0.3 is 13.9 Å². The van der Waals surface area contributed by atoms with Gasteiger partial charge in [-0.15, -0.1) is 0 Å².